The van der Waals surface area contributed by atoms with Crippen LogP contribution in [0.4, 0.5) is 0 Å². The van der Waals surface area contributed by atoms with Gasteiger partial charge in [0, 0.05) is 30.1 Å². The van der Waals surface area contributed by atoms with Crippen LogP contribution in [-0.4, -0.2) is 44.2 Å². The molecule has 172 valence electrons. The molecule has 8 heteroatoms. The number of carbonyl (C=O) groups excluding carboxylic acids is 2. The third-order valence-electron chi connectivity index (χ3n) is 7.02. The Hall–Kier alpha value is -1.86. The van der Waals surface area contributed by atoms with Crippen LogP contribution in [0.3, 0.4) is 0 Å². The zero-order chi connectivity index (χ0) is 22.7. The van der Waals surface area contributed by atoms with Crippen LogP contribution in [0.5, 0.6) is 0 Å². The number of Topliss-reactive ketones (excluding diaryl/α,β-unsaturated/α-hetero) is 1. The van der Waals surface area contributed by atoms with Crippen LogP contribution in [0.2, 0.25) is 5.02 Å². The molecule has 0 saturated heterocycles. The summed E-state index contributed by atoms with van der Waals surface area (Å²) in [6, 6.07) is 7.82. The fraction of sp³-hybridized carbons (Fsp3) is 0.583. The van der Waals surface area contributed by atoms with Crippen molar-refractivity contribution in [2.24, 2.45) is 0 Å². The van der Waals surface area contributed by atoms with Crippen molar-refractivity contribution in [1.82, 2.24) is 19.7 Å². The molecule has 0 bridgehead atoms. The van der Waals surface area contributed by atoms with Gasteiger partial charge >= 0.3 is 0 Å². The Morgan fingerprint density at radius 1 is 1.19 bits per heavy atom. The van der Waals surface area contributed by atoms with Crippen LogP contribution in [0, 0.1) is 6.92 Å². The van der Waals surface area contributed by atoms with Gasteiger partial charge in [0.2, 0.25) is 5.91 Å². The molecular formula is C24H31ClN4O2S. The number of thioether (sulfide) groups is 1. The number of hydrogen-bond acceptors (Lipinski definition) is 5. The maximum atomic E-state index is 13.4. The number of rotatable bonds is 6. The van der Waals surface area contributed by atoms with E-state index in [1.54, 1.807) is 18.0 Å². The molecule has 1 heterocycles. The van der Waals surface area contributed by atoms with Gasteiger partial charge in [0.1, 0.15) is 11.4 Å². The summed E-state index contributed by atoms with van der Waals surface area (Å²) in [5, 5.41) is 9.96. The predicted molar refractivity (Wildman–Crippen MR) is 127 cm³/mol. The molecule has 4 rings (SSSR count). The van der Waals surface area contributed by atoms with Crippen molar-refractivity contribution in [2.75, 3.05) is 12.8 Å². The first-order chi connectivity index (χ1) is 15.4. The molecule has 2 aliphatic carbocycles. The van der Waals surface area contributed by atoms with Crippen molar-refractivity contribution in [3.63, 3.8) is 0 Å². The monoisotopic (exact) mass is 474 g/mol. The fourth-order valence-corrected chi connectivity index (χ4v) is 6.53. The molecule has 1 atom stereocenters. The predicted octanol–water partition coefficient (Wildman–Crippen LogP) is 5.33. The summed E-state index contributed by atoms with van der Waals surface area (Å²) in [5.41, 5.74) is -0.269. The molecule has 2 saturated carbocycles. The second-order valence-electron chi connectivity index (χ2n) is 8.90. The highest BCUT2D eigenvalue weighted by molar-refractivity contribution is 7.99. The highest BCUT2D eigenvalue weighted by Crippen LogP contribution is 2.42. The van der Waals surface area contributed by atoms with Gasteiger partial charge < -0.3 is 9.47 Å². The fourth-order valence-electron chi connectivity index (χ4n) is 5.27. The number of benzene rings is 1. The molecule has 0 unspecified atom stereocenters. The average Bonchev–Trinajstić information content (AvgIpc) is 3.18. The Morgan fingerprint density at radius 3 is 2.66 bits per heavy atom. The van der Waals surface area contributed by atoms with E-state index < -0.39 is 5.54 Å². The molecule has 1 aromatic carbocycles. The lowest BCUT2D eigenvalue weighted by molar-refractivity contribution is -0.146. The van der Waals surface area contributed by atoms with Crippen LogP contribution >= 0.6 is 23.4 Å². The minimum atomic E-state index is -0.999. The summed E-state index contributed by atoms with van der Waals surface area (Å²) >= 11 is 7.94. The Balaban J connectivity index is 1.55. The zero-order valence-corrected chi connectivity index (χ0v) is 20.4. The maximum Gasteiger partial charge on any atom is 0.233 e. The quantitative estimate of drug-likeness (QED) is 0.529. The summed E-state index contributed by atoms with van der Waals surface area (Å²) in [5.74, 6) is 1.08. The first-order valence-corrected chi connectivity index (χ1v) is 12.9. The molecule has 2 aromatic rings. The average molecular weight is 475 g/mol. The maximum absolute atomic E-state index is 13.4. The molecule has 0 N–H and O–H groups in total. The van der Waals surface area contributed by atoms with E-state index in [1.807, 2.05) is 25.1 Å². The van der Waals surface area contributed by atoms with Gasteiger partial charge in [-0.3, -0.25) is 9.59 Å². The highest BCUT2D eigenvalue weighted by Gasteiger charge is 2.47. The summed E-state index contributed by atoms with van der Waals surface area (Å²) in [7, 11) is 1.74. The van der Waals surface area contributed by atoms with Crippen molar-refractivity contribution >= 4 is 35.1 Å². The van der Waals surface area contributed by atoms with Gasteiger partial charge in [0.05, 0.1) is 5.75 Å². The van der Waals surface area contributed by atoms with Gasteiger partial charge in [0.25, 0.3) is 0 Å². The number of hydrogen-bond donors (Lipinski definition) is 0. The van der Waals surface area contributed by atoms with E-state index in [1.165, 1.54) is 31.0 Å². The highest BCUT2D eigenvalue weighted by atomic mass is 35.5. The molecule has 0 aliphatic heterocycles. The van der Waals surface area contributed by atoms with Gasteiger partial charge in [-0.05, 0) is 45.1 Å². The molecule has 6 nitrogen and oxygen atoms in total. The number of halogens is 1. The minimum Gasteiger partial charge on any atom is -0.328 e. The topological polar surface area (TPSA) is 68.1 Å². The van der Waals surface area contributed by atoms with Crippen molar-refractivity contribution in [1.29, 1.82) is 0 Å². The Kier molecular flexibility index (Phi) is 7.25. The van der Waals surface area contributed by atoms with Gasteiger partial charge in [-0.25, -0.2) is 0 Å². The molecule has 1 amide bonds. The SMILES string of the molecule is Cc1nnc(SCC(=O)N(C)[C@@]2(c3ccccc3Cl)CCCCC2=O)n1C1CCCCC1. The third kappa shape index (κ3) is 4.34. The van der Waals surface area contributed by atoms with E-state index in [4.69, 9.17) is 11.6 Å². The van der Waals surface area contributed by atoms with Crippen LogP contribution in [0.15, 0.2) is 29.4 Å². The smallest absolute Gasteiger partial charge is 0.233 e. The van der Waals surface area contributed by atoms with E-state index in [2.05, 4.69) is 14.8 Å². The largest absolute Gasteiger partial charge is 0.328 e. The lowest BCUT2D eigenvalue weighted by atomic mass is 9.74. The lowest BCUT2D eigenvalue weighted by Crippen LogP contribution is -2.54. The normalized spacial score (nSPS) is 22.2. The van der Waals surface area contributed by atoms with Crippen LogP contribution in [0.1, 0.15) is 75.2 Å². The Labute approximate surface area is 199 Å². The molecule has 1 aromatic heterocycles. The standard InChI is InChI=1S/C24H31ClN4O2S/c1-17-26-27-23(29(17)18-10-4-3-5-11-18)32-16-22(31)28(2)24(15-9-8-14-21(24)30)19-12-6-7-13-20(19)25/h6-7,12-13,18H,3-5,8-11,14-16H2,1-2H3/t24-/m1/s1. The van der Waals surface area contributed by atoms with Crippen molar-refractivity contribution in [3.8, 4) is 0 Å². The third-order valence-corrected chi connectivity index (χ3v) is 8.28. The van der Waals surface area contributed by atoms with Crippen molar-refractivity contribution < 1.29 is 9.59 Å². The molecule has 2 aliphatic rings. The Morgan fingerprint density at radius 2 is 1.94 bits per heavy atom. The summed E-state index contributed by atoms with van der Waals surface area (Å²) < 4.78 is 2.20. The summed E-state index contributed by atoms with van der Waals surface area (Å²) in [6.45, 7) is 1.98. The van der Waals surface area contributed by atoms with Crippen LogP contribution < -0.4 is 0 Å². The summed E-state index contributed by atoms with van der Waals surface area (Å²) in [4.78, 5) is 28.3. The molecule has 0 radical (unpaired) electrons. The van der Waals surface area contributed by atoms with Crippen molar-refractivity contribution in [2.45, 2.75) is 81.4 Å². The zero-order valence-electron chi connectivity index (χ0n) is 18.8. The van der Waals surface area contributed by atoms with E-state index in [0.717, 1.165) is 42.2 Å². The van der Waals surface area contributed by atoms with E-state index in [0.29, 0.717) is 23.9 Å². The molecule has 0 spiro atoms. The number of amides is 1. The van der Waals surface area contributed by atoms with E-state index in [9.17, 15) is 9.59 Å². The Bertz CT molecular complexity index is 988. The second kappa shape index (κ2) is 9.96. The van der Waals surface area contributed by atoms with Crippen LogP contribution in [-0.2, 0) is 15.1 Å². The number of nitrogens with zero attached hydrogens (tertiary/aromatic N) is 4. The first kappa shape index (κ1) is 23.3. The molecular weight excluding hydrogens is 444 g/mol. The van der Waals surface area contributed by atoms with Crippen LogP contribution in [0.25, 0.3) is 0 Å². The van der Waals surface area contributed by atoms with E-state index >= 15 is 0 Å². The van der Waals surface area contributed by atoms with E-state index in [-0.39, 0.29) is 17.4 Å². The van der Waals surface area contributed by atoms with Gasteiger partial charge in [-0.2, -0.15) is 0 Å². The number of ketones is 1. The summed E-state index contributed by atoms with van der Waals surface area (Å²) in [6.07, 6.45) is 8.77. The molecule has 32 heavy (non-hydrogen) atoms. The number of aryl methyl sites for hydroxylation is 1. The van der Waals surface area contributed by atoms with Crippen molar-refractivity contribution in [3.05, 3.63) is 40.7 Å². The first-order valence-electron chi connectivity index (χ1n) is 11.5. The second-order valence-corrected chi connectivity index (χ2v) is 10.3. The lowest BCUT2D eigenvalue weighted by Gasteiger charge is -2.44. The number of carbonyl (C=O) groups is 2. The van der Waals surface area contributed by atoms with Gasteiger partial charge in [-0.15, -0.1) is 10.2 Å². The van der Waals surface area contributed by atoms with Gasteiger partial charge in [0.15, 0.2) is 10.9 Å². The minimum absolute atomic E-state index is 0.0684. The van der Waals surface area contributed by atoms with Gasteiger partial charge in [-0.1, -0.05) is 60.8 Å². The number of aromatic nitrogens is 3. The number of likely N-dealkylation sites (N-methyl/N-ethyl adjacent to an activating group) is 1. The molecule has 2 fully saturated rings.